The van der Waals surface area contributed by atoms with E-state index >= 15 is 0 Å². The molecule has 1 aliphatic rings. The number of nitrogens with zero attached hydrogens (tertiary/aromatic N) is 4. The standard InChI is InChI=1S/C17H12N4O3/c1-10(15-19-14(20-24-15)11-5-4-8-18-9-11)21-16(22)12-6-2-3-7-13(12)17(21)23/h2-10H,1H3/t10-/m1/s1. The van der Waals surface area contributed by atoms with Crippen LogP contribution in [-0.2, 0) is 0 Å². The van der Waals surface area contributed by atoms with E-state index in [9.17, 15) is 9.59 Å². The second-order valence-electron chi connectivity index (χ2n) is 5.40. The zero-order chi connectivity index (χ0) is 16.7. The number of fused-ring (bicyclic) bond motifs is 1. The molecule has 118 valence electrons. The Kier molecular flexibility index (Phi) is 3.19. The average Bonchev–Trinajstić information content (AvgIpc) is 3.20. The number of amides is 2. The highest BCUT2D eigenvalue weighted by Crippen LogP contribution is 2.31. The lowest BCUT2D eigenvalue weighted by Gasteiger charge is -2.18. The molecule has 0 fully saturated rings. The van der Waals surface area contributed by atoms with Gasteiger partial charge < -0.3 is 4.52 Å². The molecule has 0 aliphatic carbocycles. The minimum Gasteiger partial charge on any atom is -0.337 e. The van der Waals surface area contributed by atoms with Gasteiger partial charge in [0.25, 0.3) is 11.8 Å². The van der Waals surface area contributed by atoms with Crippen LogP contribution >= 0.6 is 0 Å². The molecular formula is C17H12N4O3. The van der Waals surface area contributed by atoms with E-state index in [1.54, 1.807) is 55.7 Å². The van der Waals surface area contributed by atoms with Crippen LogP contribution in [0.2, 0.25) is 0 Å². The van der Waals surface area contributed by atoms with Gasteiger partial charge in [0.1, 0.15) is 6.04 Å². The van der Waals surface area contributed by atoms with Crippen molar-refractivity contribution in [3.8, 4) is 11.4 Å². The lowest BCUT2D eigenvalue weighted by Crippen LogP contribution is -2.32. The summed E-state index contributed by atoms with van der Waals surface area (Å²) in [4.78, 5) is 34.4. The van der Waals surface area contributed by atoms with E-state index in [4.69, 9.17) is 4.52 Å². The molecule has 0 N–H and O–H groups in total. The number of hydrogen-bond donors (Lipinski definition) is 0. The highest BCUT2D eigenvalue weighted by Gasteiger charge is 2.40. The normalized spacial score (nSPS) is 14.8. The van der Waals surface area contributed by atoms with Gasteiger partial charge in [0, 0.05) is 18.0 Å². The first-order valence-corrected chi connectivity index (χ1v) is 7.37. The Bertz CT molecular complexity index is 901. The zero-order valence-electron chi connectivity index (χ0n) is 12.7. The van der Waals surface area contributed by atoms with Crippen LogP contribution in [0.5, 0.6) is 0 Å². The summed E-state index contributed by atoms with van der Waals surface area (Å²) in [6.07, 6.45) is 3.26. The summed E-state index contributed by atoms with van der Waals surface area (Å²) in [7, 11) is 0. The monoisotopic (exact) mass is 320 g/mol. The molecule has 7 heteroatoms. The van der Waals surface area contributed by atoms with Crippen molar-refractivity contribution < 1.29 is 14.1 Å². The first-order valence-electron chi connectivity index (χ1n) is 7.37. The topological polar surface area (TPSA) is 89.2 Å². The minimum atomic E-state index is -0.657. The molecular weight excluding hydrogens is 308 g/mol. The summed E-state index contributed by atoms with van der Waals surface area (Å²) < 4.78 is 5.25. The second-order valence-corrected chi connectivity index (χ2v) is 5.40. The molecule has 1 aliphatic heterocycles. The van der Waals surface area contributed by atoms with Gasteiger partial charge in [0.05, 0.1) is 11.1 Å². The Balaban J connectivity index is 1.66. The van der Waals surface area contributed by atoms with Crippen molar-refractivity contribution in [2.24, 2.45) is 0 Å². The summed E-state index contributed by atoms with van der Waals surface area (Å²) >= 11 is 0. The SMILES string of the molecule is C[C@H](c1nc(-c2cccnc2)no1)N1C(=O)c2ccccc2C1=O. The molecule has 24 heavy (non-hydrogen) atoms. The van der Waals surface area contributed by atoms with Crippen molar-refractivity contribution in [2.45, 2.75) is 13.0 Å². The van der Waals surface area contributed by atoms with Crippen molar-refractivity contribution in [3.63, 3.8) is 0 Å². The number of carbonyl (C=O) groups excluding carboxylic acids is 2. The van der Waals surface area contributed by atoms with Crippen LogP contribution in [0, 0.1) is 0 Å². The number of imide groups is 1. The second kappa shape index (κ2) is 5.38. The van der Waals surface area contributed by atoms with E-state index in [-0.39, 0.29) is 17.7 Å². The molecule has 3 heterocycles. The first-order chi connectivity index (χ1) is 11.7. The Morgan fingerprint density at radius 1 is 1.04 bits per heavy atom. The molecule has 2 aromatic heterocycles. The van der Waals surface area contributed by atoms with E-state index in [1.165, 1.54) is 0 Å². The van der Waals surface area contributed by atoms with Crippen LogP contribution in [0.15, 0.2) is 53.3 Å². The summed E-state index contributed by atoms with van der Waals surface area (Å²) in [6.45, 7) is 1.68. The van der Waals surface area contributed by atoms with Crippen LogP contribution < -0.4 is 0 Å². The van der Waals surface area contributed by atoms with Crippen LogP contribution in [0.1, 0.15) is 39.6 Å². The highest BCUT2D eigenvalue weighted by molar-refractivity contribution is 6.21. The molecule has 1 atom stereocenters. The summed E-state index contributed by atoms with van der Waals surface area (Å²) in [5, 5.41) is 3.90. The van der Waals surface area contributed by atoms with Gasteiger partial charge in [-0.2, -0.15) is 4.98 Å². The third-order valence-electron chi connectivity index (χ3n) is 3.93. The van der Waals surface area contributed by atoms with E-state index in [2.05, 4.69) is 15.1 Å². The predicted octanol–water partition coefficient (Wildman–Crippen LogP) is 2.49. The molecule has 0 bridgehead atoms. The number of benzene rings is 1. The molecule has 2 amide bonds. The molecule has 4 rings (SSSR count). The molecule has 7 nitrogen and oxygen atoms in total. The highest BCUT2D eigenvalue weighted by atomic mass is 16.5. The van der Waals surface area contributed by atoms with E-state index in [0.717, 1.165) is 4.90 Å². The smallest absolute Gasteiger partial charge is 0.262 e. The van der Waals surface area contributed by atoms with Gasteiger partial charge in [0.15, 0.2) is 0 Å². The summed E-state index contributed by atoms with van der Waals surface area (Å²) in [5.41, 5.74) is 1.48. The molecule has 1 aromatic carbocycles. The fourth-order valence-electron chi connectivity index (χ4n) is 2.69. The third-order valence-corrected chi connectivity index (χ3v) is 3.93. The fourth-order valence-corrected chi connectivity index (χ4v) is 2.69. The lowest BCUT2D eigenvalue weighted by molar-refractivity contribution is 0.0568. The zero-order valence-corrected chi connectivity index (χ0v) is 12.7. The third kappa shape index (κ3) is 2.10. The van der Waals surface area contributed by atoms with Crippen molar-refractivity contribution in [2.75, 3.05) is 0 Å². The minimum absolute atomic E-state index is 0.198. The van der Waals surface area contributed by atoms with Crippen molar-refractivity contribution >= 4 is 11.8 Å². The Morgan fingerprint density at radius 3 is 2.38 bits per heavy atom. The van der Waals surface area contributed by atoms with Crippen LogP contribution in [-0.4, -0.2) is 31.8 Å². The number of rotatable bonds is 3. The molecule has 0 saturated carbocycles. The van der Waals surface area contributed by atoms with Gasteiger partial charge in [-0.15, -0.1) is 0 Å². The molecule has 0 radical (unpaired) electrons. The van der Waals surface area contributed by atoms with Crippen LogP contribution in [0.3, 0.4) is 0 Å². The lowest BCUT2D eigenvalue weighted by atomic mass is 10.1. The fraction of sp³-hybridized carbons (Fsp3) is 0.118. The maximum atomic E-state index is 12.5. The van der Waals surface area contributed by atoms with Gasteiger partial charge in [-0.3, -0.25) is 19.5 Å². The van der Waals surface area contributed by atoms with Crippen molar-refractivity contribution in [1.29, 1.82) is 0 Å². The van der Waals surface area contributed by atoms with Gasteiger partial charge in [-0.1, -0.05) is 17.3 Å². The maximum Gasteiger partial charge on any atom is 0.262 e. The number of hydrogen-bond acceptors (Lipinski definition) is 6. The molecule has 0 spiro atoms. The van der Waals surface area contributed by atoms with Crippen LogP contribution in [0.4, 0.5) is 0 Å². The van der Waals surface area contributed by atoms with Crippen molar-refractivity contribution in [1.82, 2.24) is 20.0 Å². The molecule has 3 aromatic rings. The van der Waals surface area contributed by atoms with E-state index in [0.29, 0.717) is 22.5 Å². The van der Waals surface area contributed by atoms with Crippen LogP contribution in [0.25, 0.3) is 11.4 Å². The van der Waals surface area contributed by atoms with Gasteiger partial charge in [-0.05, 0) is 31.2 Å². The first kappa shape index (κ1) is 14.3. The Morgan fingerprint density at radius 2 is 1.75 bits per heavy atom. The summed E-state index contributed by atoms with van der Waals surface area (Å²) in [5.74, 6) is -0.154. The van der Waals surface area contributed by atoms with Crippen molar-refractivity contribution in [3.05, 3.63) is 65.8 Å². The Hall–Kier alpha value is -3.35. The molecule has 0 saturated heterocycles. The average molecular weight is 320 g/mol. The number of aromatic nitrogens is 3. The molecule has 0 unspecified atom stereocenters. The van der Waals surface area contributed by atoms with Gasteiger partial charge >= 0.3 is 0 Å². The van der Waals surface area contributed by atoms with Gasteiger partial charge in [-0.25, -0.2) is 0 Å². The number of pyridine rings is 1. The number of carbonyl (C=O) groups is 2. The quantitative estimate of drug-likeness (QED) is 0.689. The van der Waals surface area contributed by atoms with E-state index < -0.39 is 6.04 Å². The summed E-state index contributed by atoms with van der Waals surface area (Å²) in [6, 6.07) is 9.63. The van der Waals surface area contributed by atoms with E-state index in [1.807, 2.05) is 0 Å². The largest absolute Gasteiger partial charge is 0.337 e. The predicted molar refractivity (Wildman–Crippen MR) is 82.9 cm³/mol. The maximum absolute atomic E-state index is 12.5. The Labute approximate surface area is 136 Å². The van der Waals surface area contributed by atoms with Gasteiger partial charge in [0.2, 0.25) is 11.7 Å².